The van der Waals surface area contributed by atoms with Crippen LogP contribution >= 0.6 is 23.4 Å². The number of nitrogens with one attached hydrogen (secondary N) is 1. The number of fused-ring (bicyclic) bond motifs is 1. The Hall–Kier alpha value is -2.00. The van der Waals surface area contributed by atoms with E-state index < -0.39 is 16.0 Å². The van der Waals surface area contributed by atoms with Gasteiger partial charge >= 0.3 is 5.97 Å². The largest absolute Gasteiger partial charge is 0.456 e. The lowest BCUT2D eigenvalue weighted by molar-refractivity contribution is 0.0270. The van der Waals surface area contributed by atoms with Gasteiger partial charge < -0.3 is 9.47 Å². The molecule has 0 bridgehead atoms. The molecule has 2 aliphatic heterocycles. The molecular formula is C21H20ClNO5S2. The van der Waals surface area contributed by atoms with Crippen molar-refractivity contribution in [1.29, 1.82) is 0 Å². The van der Waals surface area contributed by atoms with Gasteiger partial charge in [0, 0.05) is 27.8 Å². The van der Waals surface area contributed by atoms with Gasteiger partial charge in [-0.2, -0.15) is 0 Å². The van der Waals surface area contributed by atoms with E-state index >= 15 is 0 Å². The fourth-order valence-electron chi connectivity index (χ4n) is 3.35. The summed E-state index contributed by atoms with van der Waals surface area (Å²) in [5.41, 5.74) is 2.06. The second-order valence-corrected chi connectivity index (χ2v) is 10.2. The lowest BCUT2D eigenvalue weighted by atomic mass is 10.1. The molecule has 0 spiro atoms. The van der Waals surface area contributed by atoms with Gasteiger partial charge in [0.25, 0.3) is 10.0 Å². The van der Waals surface area contributed by atoms with Gasteiger partial charge in [0.2, 0.25) is 0 Å². The Balaban J connectivity index is 1.56. The van der Waals surface area contributed by atoms with Crippen molar-refractivity contribution in [3.05, 3.63) is 63.5 Å². The summed E-state index contributed by atoms with van der Waals surface area (Å²) in [6, 6.07) is 11.8. The molecule has 9 heteroatoms. The quantitative estimate of drug-likeness (QED) is 0.651. The summed E-state index contributed by atoms with van der Waals surface area (Å²) < 4.78 is 39.3. The van der Waals surface area contributed by atoms with Gasteiger partial charge in [-0.25, -0.2) is 13.2 Å². The van der Waals surface area contributed by atoms with E-state index in [1.165, 1.54) is 17.8 Å². The van der Waals surface area contributed by atoms with Crippen LogP contribution in [0.1, 0.15) is 29.3 Å². The maximum absolute atomic E-state index is 13.1. The van der Waals surface area contributed by atoms with Crippen molar-refractivity contribution in [3.63, 3.8) is 0 Å². The number of benzene rings is 2. The first-order chi connectivity index (χ1) is 14.3. The van der Waals surface area contributed by atoms with Crippen LogP contribution in [-0.4, -0.2) is 39.5 Å². The van der Waals surface area contributed by atoms with Crippen LogP contribution < -0.4 is 4.72 Å². The fraction of sp³-hybridized carbons (Fsp3) is 0.286. The highest BCUT2D eigenvalue weighted by Crippen LogP contribution is 2.40. The molecule has 6 nitrogen and oxygen atoms in total. The van der Waals surface area contributed by atoms with Gasteiger partial charge in [0.1, 0.15) is 6.10 Å². The standard InChI is InChI=1S/C21H20ClNO5S2/c1-13-18-10-15(22)5-6-19(18)29-12-20(13)30(25,26)23-16-4-2-3-14(9-16)21(24)28-17-7-8-27-11-17/h2-6,9-10,17,23H,7-8,11-12H2,1H3. The normalized spacial score (nSPS) is 18.8. The topological polar surface area (TPSA) is 81.7 Å². The number of hydrogen-bond donors (Lipinski definition) is 1. The van der Waals surface area contributed by atoms with E-state index in [0.29, 0.717) is 46.6 Å². The second kappa shape index (κ2) is 8.63. The first-order valence-electron chi connectivity index (χ1n) is 9.37. The van der Waals surface area contributed by atoms with E-state index in [4.69, 9.17) is 21.1 Å². The lowest BCUT2D eigenvalue weighted by Crippen LogP contribution is -2.20. The van der Waals surface area contributed by atoms with Crippen molar-refractivity contribution in [3.8, 4) is 0 Å². The molecule has 0 saturated carbocycles. The van der Waals surface area contributed by atoms with Crippen molar-refractivity contribution < 1.29 is 22.7 Å². The highest BCUT2D eigenvalue weighted by atomic mass is 35.5. The van der Waals surface area contributed by atoms with E-state index in [1.54, 1.807) is 37.3 Å². The lowest BCUT2D eigenvalue weighted by Gasteiger charge is -2.21. The minimum atomic E-state index is -3.81. The van der Waals surface area contributed by atoms with Crippen molar-refractivity contribution in [2.24, 2.45) is 0 Å². The molecule has 2 aromatic rings. The van der Waals surface area contributed by atoms with E-state index in [0.717, 1.165) is 10.5 Å². The molecule has 2 heterocycles. The number of allylic oxidation sites excluding steroid dienone is 1. The number of anilines is 1. The van der Waals surface area contributed by atoms with Crippen molar-refractivity contribution >= 4 is 50.6 Å². The van der Waals surface area contributed by atoms with Crippen molar-refractivity contribution in [1.82, 2.24) is 0 Å². The molecule has 1 saturated heterocycles. The molecule has 158 valence electrons. The zero-order valence-corrected chi connectivity index (χ0v) is 18.6. The van der Waals surface area contributed by atoms with E-state index in [-0.39, 0.29) is 11.7 Å². The van der Waals surface area contributed by atoms with Gasteiger partial charge in [-0.3, -0.25) is 4.72 Å². The minimum Gasteiger partial charge on any atom is -0.456 e. The van der Waals surface area contributed by atoms with Crippen molar-refractivity contribution in [2.75, 3.05) is 23.7 Å². The van der Waals surface area contributed by atoms with Gasteiger partial charge in [-0.05, 0) is 54.5 Å². The molecule has 2 aromatic carbocycles. The number of ether oxygens (including phenoxy) is 2. The monoisotopic (exact) mass is 465 g/mol. The summed E-state index contributed by atoms with van der Waals surface area (Å²) >= 11 is 7.54. The third kappa shape index (κ3) is 4.51. The Morgan fingerprint density at radius 2 is 2.10 bits per heavy atom. The maximum Gasteiger partial charge on any atom is 0.338 e. The third-order valence-corrected chi connectivity index (χ3v) is 8.08. The molecule has 1 unspecified atom stereocenters. The summed E-state index contributed by atoms with van der Waals surface area (Å²) in [6.07, 6.45) is 0.395. The number of carbonyl (C=O) groups excluding carboxylic acids is 1. The summed E-state index contributed by atoms with van der Waals surface area (Å²) in [4.78, 5) is 13.6. The van der Waals surface area contributed by atoms with Crippen LogP contribution in [-0.2, 0) is 19.5 Å². The van der Waals surface area contributed by atoms with Crippen LogP contribution in [0.15, 0.2) is 52.3 Å². The third-order valence-electron chi connectivity index (χ3n) is 4.96. The second-order valence-electron chi connectivity index (χ2n) is 7.05. The van der Waals surface area contributed by atoms with Crippen LogP contribution in [0.5, 0.6) is 0 Å². The predicted octanol–water partition coefficient (Wildman–Crippen LogP) is 4.56. The highest BCUT2D eigenvalue weighted by Gasteiger charge is 2.27. The molecule has 30 heavy (non-hydrogen) atoms. The number of thioether (sulfide) groups is 1. The summed E-state index contributed by atoms with van der Waals surface area (Å²) in [6.45, 7) is 2.73. The van der Waals surface area contributed by atoms with Gasteiger partial charge in [0.05, 0.1) is 23.7 Å². The van der Waals surface area contributed by atoms with Crippen LogP contribution in [0.3, 0.4) is 0 Å². The minimum absolute atomic E-state index is 0.267. The average molecular weight is 466 g/mol. The Morgan fingerprint density at radius 3 is 2.87 bits per heavy atom. The maximum atomic E-state index is 13.1. The summed E-state index contributed by atoms with van der Waals surface area (Å²) in [5.74, 6) is -0.183. The number of carbonyl (C=O) groups is 1. The van der Waals surface area contributed by atoms with Crippen molar-refractivity contribution in [2.45, 2.75) is 24.3 Å². The number of halogens is 1. The molecule has 2 aliphatic rings. The number of sulfonamides is 1. The first-order valence-corrected chi connectivity index (χ1v) is 12.2. The summed E-state index contributed by atoms with van der Waals surface area (Å²) in [7, 11) is -3.81. The molecule has 1 N–H and O–H groups in total. The molecular weight excluding hydrogens is 446 g/mol. The highest BCUT2D eigenvalue weighted by molar-refractivity contribution is 8.02. The molecule has 0 aromatic heterocycles. The van der Waals surface area contributed by atoms with E-state index in [2.05, 4.69) is 4.72 Å². The zero-order valence-electron chi connectivity index (χ0n) is 16.2. The summed E-state index contributed by atoms with van der Waals surface area (Å²) in [5, 5.41) is 0.555. The van der Waals surface area contributed by atoms with Crippen LogP contribution in [0.25, 0.3) is 5.57 Å². The van der Waals surface area contributed by atoms with Gasteiger partial charge in [-0.1, -0.05) is 17.7 Å². The first kappa shape index (κ1) is 21.2. The molecule has 1 atom stereocenters. The molecule has 0 aliphatic carbocycles. The zero-order chi connectivity index (χ0) is 21.3. The average Bonchev–Trinajstić information content (AvgIpc) is 3.21. The fourth-order valence-corrected chi connectivity index (χ4v) is 6.43. The molecule has 1 fully saturated rings. The molecule has 0 radical (unpaired) electrons. The van der Waals surface area contributed by atoms with Crippen LogP contribution in [0, 0.1) is 0 Å². The molecule has 0 amide bonds. The number of esters is 1. The SMILES string of the molecule is CC1=C(S(=O)(=O)Nc2cccc(C(=O)OC3CCOC3)c2)CSc2ccc(Cl)cc21. The molecule has 4 rings (SSSR count). The smallest absolute Gasteiger partial charge is 0.338 e. The number of rotatable bonds is 5. The Morgan fingerprint density at radius 1 is 1.27 bits per heavy atom. The Labute approximate surface area is 184 Å². The van der Waals surface area contributed by atoms with Crippen LogP contribution in [0.2, 0.25) is 5.02 Å². The van der Waals surface area contributed by atoms with E-state index in [1.807, 2.05) is 6.07 Å². The van der Waals surface area contributed by atoms with Crippen LogP contribution in [0.4, 0.5) is 5.69 Å². The number of hydrogen-bond acceptors (Lipinski definition) is 6. The van der Waals surface area contributed by atoms with Gasteiger partial charge in [-0.15, -0.1) is 11.8 Å². The predicted molar refractivity (Wildman–Crippen MR) is 118 cm³/mol. The Bertz CT molecular complexity index is 1120. The van der Waals surface area contributed by atoms with E-state index in [9.17, 15) is 13.2 Å². The van der Waals surface area contributed by atoms with Gasteiger partial charge in [0.15, 0.2) is 0 Å². The Kier molecular flexibility index (Phi) is 6.11.